The lowest BCUT2D eigenvalue weighted by atomic mass is 9.93. The topological polar surface area (TPSA) is 37.7 Å². The minimum Gasteiger partial charge on any atom is -0.375 e. The summed E-state index contributed by atoms with van der Waals surface area (Å²) < 4.78 is 7.91. The number of hydrogen-bond acceptors (Lipinski definition) is 3. The summed E-state index contributed by atoms with van der Waals surface area (Å²) in [5.74, 6) is 0.686. The van der Waals surface area contributed by atoms with Gasteiger partial charge >= 0.3 is 0 Å². The molecule has 2 aliphatic rings. The molecule has 0 aromatic carbocycles. The molecule has 2 aliphatic heterocycles. The van der Waals surface area contributed by atoms with Gasteiger partial charge in [-0.25, -0.2) is 0 Å². The monoisotopic (exact) mass is 291 g/mol. The summed E-state index contributed by atoms with van der Waals surface area (Å²) in [6, 6.07) is 3.81. The van der Waals surface area contributed by atoms with Gasteiger partial charge in [0.2, 0.25) is 0 Å². The first-order chi connectivity index (χ1) is 10.2. The largest absolute Gasteiger partial charge is 0.375 e. The molecule has 21 heavy (non-hydrogen) atoms. The fourth-order valence-corrected chi connectivity index (χ4v) is 3.44. The van der Waals surface area contributed by atoms with Crippen molar-refractivity contribution in [2.75, 3.05) is 39.3 Å². The highest BCUT2D eigenvalue weighted by Crippen LogP contribution is 2.25. The summed E-state index contributed by atoms with van der Waals surface area (Å²) in [4.78, 5) is 17.0. The molecule has 0 aliphatic carbocycles. The maximum atomic E-state index is 12.6. The lowest BCUT2D eigenvalue weighted by Gasteiger charge is -2.38. The van der Waals surface area contributed by atoms with Crippen molar-refractivity contribution >= 4 is 5.91 Å². The van der Waals surface area contributed by atoms with Crippen molar-refractivity contribution in [3.8, 4) is 0 Å². The number of ether oxygens (including phenoxy) is 1. The van der Waals surface area contributed by atoms with Crippen molar-refractivity contribution in [3.05, 3.63) is 24.0 Å². The summed E-state index contributed by atoms with van der Waals surface area (Å²) in [6.45, 7) is 7.75. The second-order valence-electron chi connectivity index (χ2n) is 6.11. The van der Waals surface area contributed by atoms with Crippen LogP contribution in [0.1, 0.15) is 23.8 Å². The predicted octanol–water partition coefficient (Wildman–Crippen LogP) is 1.21. The first-order valence-electron chi connectivity index (χ1n) is 7.93. The van der Waals surface area contributed by atoms with Gasteiger partial charge in [0.05, 0.1) is 12.7 Å². The SMILES string of the molecule is CCN1CCO[C@@H]2CN(C(=O)c3cccn3C)CC[C@@H]2C1. The summed E-state index contributed by atoms with van der Waals surface area (Å²) in [5, 5.41) is 0. The fourth-order valence-electron chi connectivity index (χ4n) is 3.44. The van der Waals surface area contributed by atoms with Gasteiger partial charge in [0.15, 0.2) is 0 Å². The second kappa shape index (κ2) is 6.20. The molecular formula is C16H25N3O2. The Balaban J connectivity index is 1.67. The number of carbonyl (C=O) groups excluding carboxylic acids is 1. The molecule has 2 atom stereocenters. The Morgan fingerprint density at radius 2 is 2.24 bits per heavy atom. The van der Waals surface area contributed by atoms with Crippen LogP contribution in [0.2, 0.25) is 0 Å². The van der Waals surface area contributed by atoms with E-state index in [1.165, 1.54) is 0 Å². The van der Waals surface area contributed by atoms with Gasteiger partial charge in [0.1, 0.15) is 5.69 Å². The van der Waals surface area contributed by atoms with Gasteiger partial charge in [0.25, 0.3) is 5.91 Å². The van der Waals surface area contributed by atoms with E-state index in [4.69, 9.17) is 4.74 Å². The van der Waals surface area contributed by atoms with Crippen LogP contribution in [0.5, 0.6) is 0 Å². The molecule has 2 fully saturated rings. The normalized spacial score (nSPS) is 27.2. The number of nitrogens with zero attached hydrogens (tertiary/aromatic N) is 3. The highest BCUT2D eigenvalue weighted by molar-refractivity contribution is 5.92. The number of piperidine rings is 1. The Hall–Kier alpha value is -1.33. The first-order valence-corrected chi connectivity index (χ1v) is 7.93. The number of fused-ring (bicyclic) bond motifs is 1. The van der Waals surface area contributed by atoms with Crippen molar-refractivity contribution in [2.45, 2.75) is 19.4 Å². The molecule has 1 amide bonds. The maximum absolute atomic E-state index is 12.6. The van der Waals surface area contributed by atoms with Gasteiger partial charge in [0, 0.05) is 45.3 Å². The van der Waals surface area contributed by atoms with Gasteiger partial charge in [-0.3, -0.25) is 4.79 Å². The van der Waals surface area contributed by atoms with Gasteiger partial charge < -0.3 is 19.1 Å². The molecule has 3 heterocycles. The molecule has 3 rings (SSSR count). The number of aromatic nitrogens is 1. The smallest absolute Gasteiger partial charge is 0.270 e. The van der Waals surface area contributed by atoms with Crippen molar-refractivity contribution in [2.24, 2.45) is 13.0 Å². The number of aryl methyl sites for hydroxylation is 1. The number of hydrogen-bond donors (Lipinski definition) is 0. The Morgan fingerprint density at radius 1 is 1.38 bits per heavy atom. The zero-order valence-electron chi connectivity index (χ0n) is 13.0. The minimum absolute atomic E-state index is 0.126. The molecule has 0 unspecified atom stereocenters. The average molecular weight is 291 g/mol. The Bertz CT molecular complexity index is 499. The van der Waals surface area contributed by atoms with Crippen LogP contribution < -0.4 is 0 Å². The maximum Gasteiger partial charge on any atom is 0.270 e. The van der Waals surface area contributed by atoms with Gasteiger partial charge in [-0.15, -0.1) is 0 Å². The number of likely N-dealkylation sites (tertiary alicyclic amines) is 1. The van der Waals surface area contributed by atoms with Crippen LogP contribution >= 0.6 is 0 Å². The highest BCUT2D eigenvalue weighted by atomic mass is 16.5. The van der Waals surface area contributed by atoms with E-state index < -0.39 is 0 Å². The summed E-state index contributed by atoms with van der Waals surface area (Å²) in [6.07, 6.45) is 3.15. The molecule has 1 aromatic heterocycles. The molecule has 5 nitrogen and oxygen atoms in total. The van der Waals surface area contributed by atoms with E-state index in [-0.39, 0.29) is 12.0 Å². The Kier molecular flexibility index (Phi) is 4.31. The predicted molar refractivity (Wildman–Crippen MR) is 81.3 cm³/mol. The van der Waals surface area contributed by atoms with E-state index in [2.05, 4.69) is 11.8 Å². The number of rotatable bonds is 2. The summed E-state index contributed by atoms with van der Waals surface area (Å²) in [5.41, 5.74) is 0.761. The fraction of sp³-hybridized carbons (Fsp3) is 0.688. The minimum atomic E-state index is 0.126. The van der Waals surface area contributed by atoms with Crippen molar-refractivity contribution < 1.29 is 9.53 Å². The number of carbonyl (C=O) groups is 1. The molecule has 0 bridgehead atoms. The van der Waals surface area contributed by atoms with Crippen LogP contribution in [-0.4, -0.2) is 65.7 Å². The van der Waals surface area contributed by atoms with E-state index in [0.29, 0.717) is 5.92 Å². The van der Waals surface area contributed by atoms with E-state index in [0.717, 1.165) is 51.4 Å². The molecule has 0 N–H and O–H groups in total. The first kappa shape index (κ1) is 14.6. The van der Waals surface area contributed by atoms with Gasteiger partial charge in [-0.05, 0) is 25.1 Å². The quantitative estimate of drug-likeness (QED) is 0.822. The molecular weight excluding hydrogens is 266 g/mol. The third-order valence-corrected chi connectivity index (χ3v) is 4.83. The molecule has 0 saturated carbocycles. The van der Waals surface area contributed by atoms with Crippen LogP contribution in [0.4, 0.5) is 0 Å². The number of amides is 1. The van der Waals surface area contributed by atoms with Gasteiger partial charge in [-0.2, -0.15) is 0 Å². The van der Waals surface area contributed by atoms with Crippen LogP contribution in [0.25, 0.3) is 0 Å². The molecule has 5 heteroatoms. The van der Waals surface area contributed by atoms with Crippen LogP contribution in [-0.2, 0) is 11.8 Å². The van der Waals surface area contributed by atoms with E-state index in [1.54, 1.807) is 0 Å². The Morgan fingerprint density at radius 3 is 2.95 bits per heavy atom. The zero-order valence-corrected chi connectivity index (χ0v) is 13.0. The van der Waals surface area contributed by atoms with Crippen LogP contribution in [0.15, 0.2) is 18.3 Å². The lowest BCUT2D eigenvalue weighted by Crippen LogP contribution is -2.49. The molecule has 2 saturated heterocycles. The lowest BCUT2D eigenvalue weighted by molar-refractivity contribution is -0.0173. The van der Waals surface area contributed by atoms with E-state index in [9.17, 15) is 4.79 Å². The average Bonchev–Trinajstić information content (AvgIpc) is 2.81. The van der Waals surface area contributed by atoms with Crippen LogP contribution in [0.3, 0.4) is 0 Å². The zero-order chi connectivity index (χ0) is 14.8. The van der Waals surface area contributed by atoms with Crippen molar-refractivity contribution in [3.63, 3.8) is 0 Å². The second-order valence-corrected chi connectivity index (χ2v) is 6.11. The molecule has 116 valence electrons. The van der Waals surface area contributed by atoms with Crippen molar-refractivity contribution in [1.82, 2.24) is 14.4 Å². The van der Waals surface area contributed by atoms with Crippen molar-refractivity contribution in [1.29, 1.82) is 0 Å². The summed E-state index contributed by atoms with van der Waals surface area (Å²) in [7, 11) is 1.92. The van der Waals surface area contributed by atoms with E-state index in [1.807, 2.05) is 34.8 Å². The van der Waals surface area contributed by atoms with Crippen LogP contribution in [0, 0.1) is 5.92 Å². The Labute approximate surface area is 126 Å². The third kappa shape index (κ3) is 2.99. The van der Waals surface area contributed by atoms with E-state index >= 15 is 0 Å². The highest BCUT2D eigenvalue weighted by Gasteiger charge is 2.35. The molecule has 0 spiro atoms. The van der Waals surface area contributed by atoms with Gasteiger partial charge in [-0.1, -0.05) is 6.92 Å². The summed E-state index contributed by atoms with van der Waals surface area (Å²) >= 11 is 0. The number of likely N-dealkylation sites (N-methyl/N-ethyl adjacent to an activating group) is 1. The molecule has 1 aromatic rings. The third-order valence-electron chi connectivity index (χ3n) is 4.83. The molecule has 0 radical (unpaired) electrons. The standard InChI is InChI=1S/C16H25N3O2/c1-3-18-9-10-21-15-12-19(8-6-13(15)11-18)16(20)14-5-4-7-17(14)2/h4-5,7,13,15H,3,6,8-12H2,1-2H3/t13-,15-/m1/s1.